The van der Waals surface area contributed by atoms with E-state index in [9.17, 15) is 0 Å². The fourth-order valence-corrected chi connectivity index (χ4v) is 1.88. The van der Waals surface area contributed by atoms with Crippen LogP contribution in [0.25, 0.3) is 0 Å². The van der Waals surface area contributed by atoms with Gasteiger partial charge >= 0.3 is 0 Å². The number of nitrogens with two attached hydrogens (primary N) is 2. The van der Waals surface area contributed by atoms with Crippen LogP contribution in [0.15, 0.2) is 40.5 Å². The van der Waals surface area contributed by atoms with Crippen LogP contribution < -0.4 is 16.2 Å². The first-order valence-electron chi connectivity index (χ1n) is 7.12. The second-order valence-electron chi connectivity index (χ2n) is 5.24. The van der Waals surface area contributed by atoms with Crippen molar-refractivity contribution in [2.75, 3.05) is 12.8 Å². The van der Waals surface area contributed by atoms with Crippen LogP contribution in [0, 0.1) is 12.3 Å². The van der Waals surface area contributed by atoms with Crippen LogP contribution in [0.3, 0.4) is 0 Å². The van der Waals surface area contributed by atoms with Crippen molar-refractivity contribution in [1.82, 2.24) is 0 Å². The molecular weight excluding hydrogens is 308 g/mol. The lowest BCUT2D eigenvalue weighted by Gasteiger charge is -2.13. The quantitative estimate of drug-likeness (QED) is 0.488. The average Bonchev–Trinajstić information content (AvgIpc) is 2.47. The fourth-order valence-electron chi connectivity index (χ4n) is 1.88. The zero-order valence-electron chi connectivity index (χ0n) is 14.2. The number of allylic oxidation sites excluding steroid dienone is 3. The number of hydrogen-bond donors (Lipinski definition) is 4. The van der Waals surface area contributed by atoms with E-state index in [1.807, 2.05) is 19.9 Å². The summed E-state index contributed by atoms with van der Waals surface area (Å²) < 4.78 is 5.30. The van der Waals surface area contributed by atoms with Crippen LogP contribution in [0.4, 0.5) is 11.4 Å². The Kier molecular flexibility index (Phi) is 6.29. The van der Waals surface area contributed by atoms with Gasteiger partial charge in [-0.15, -0.1) is 0 Å². The molecule has 24 heavy (non-hydrogen) atoms. The zero-order valence-corrected chi connectivity index (χ0v) is 14.2. The fraction of sp³-hybridized carbons (Fsp3) is 0.235. The standard InChI is InChI=1S/C15H18N4O.C2H4O2/c1-8-4-13(12(18)6-10(8)16)19-14-5-9(2)11(17)7-15(14)20-3;1-2(3)4/h4-7,16H,17-18H2,1-3H3;1H3,(H,3,4). The number of carbonyl (C=O) groups is 1. The number of aliphatic carboxylic acids is 1. The molecule has 0 saturated carbocycles. The first-order chi connectivity index (χ1) is 11.1. The number of rotatable bonds is 2. The largest absolute Gasteiger partial charge is 0.494 e. The summed E-state index contributed by atoms with van der Waals surface area (Å²) in [5, 5.41) is 15.1. The van der Waals surface area contributed by atoms with Gasteiger partial charge < -0.3 is 26.7 Å². The van der Waals surface area contributed by atoms with E-state index in [1.54, 1.807) is 25.3 Å². The van der Waals surface area contributed by atoms with E-state index < -0.39 is 5.97 Å². The number of nitrogens with zero attached hydrogens (tertiary/aromatic N) is 1. The molecule has 2 rings (SSSR count). The molecular formula is C17H22N4O3. The van der Waals surface area contributed by atoms with Crippen molar-refractivity contribution in [1.29, 1.82) is 5.41 Å². The lowest BCUT2D eigenvalue weighted by Crippen LogP contribution is -2.17. The van der Waals surface area contributed by atoms with Gasteiger partial charge in [-0.25, -0.2) is 4.99 Å². The topological polar surface area (TPSA) is 135 Å². The van der Waals surface area contributed by atoms with Gasteiger partial charge in [0.1, 0.15) is 11.4 Å². The maximum absolute atomic E-state index is 9.00. The van der Waals surface area contributed by atoms with Crippen molar-refractivity contribution in [3.63, 3.8) is 0 Å². The Bertz CT molecular complexity index is 757. The highest BCUT2D eigenvalue weighted by molar-refractivity contribution is 6.22. The minimum atomic E-state index is -0.833. The Morgan fingerprint density at radius 2 is 1.83 bits per heavy atom. The number of carboxylic acids is 1. The molecule has 0 aliphatic heterocycles. The van der Waals surface area contributed by atoms with Gasteiger partial charge in [0, 0.05) is 18.7 Å². The normalized spacial score (nSPS) is 15.2. The molecule has 0 atom stereocenters. The molecule has 1 aliphatic carbocycles. The minimum Gasteiger partial charge on any atom is -0.494 e. The summed E-state index contributed by atoms with van der Waals surface area (Å²) >= 11 is 0. The molecule has 0 fully saturated rings. The zero-order chi connectivity index (χ0) is 18.4. The number of aryl methyl sites for hydroxylation is 1. The summed E-state index contributed by atoms with van der Waals surface area (Å²) in [4.78, 5) is 13.5. The summed E-state index contributed by atoms with van der Waals surface area (Å²) in [6, 6.07) is 3.60. The van der Waals surface area contributed by atoms with Crippen LogP contribution in [-0.4, -0.2) is 29.6 Å². The monoisotopic (exact) mass is 330 g/mol. The number of carboxylic acid groups (broad SMARTS) is 1. The Balaban J connectivity index is 0.000000648. The van der Waals surface area contributed by atoms with Crippen molar-refractivity contribution in [2.24, 2.45) is 10.7 Å². The predicted octanol–water partition coefficient (Wildman–Crippen LogP) is 2.57. The Hall–Kier alpha value is -3.09. The molecule has 0 radical (unpaired) electrons. The summed E-state index contributed by atoms with van der Waals surface area (Å²) in [6.07, 6.45) is 3.40. The van der Waals surface area contributed by atoms with Crippen LogP contribution in [0.1, 0.15) is 19.4 Å². The first-order valence-corrected chi connectivity index (χ1v) is 7.12. The highest BCUT2D eigenvalue weighted by Crippen LogP contribution is 2.32. The van der Waals surface area contributed by atoms with Crippen LogP contribution >= 0.6 is 0 Å². The summed E-state index contributed by atoms with van der Waals surface area (Å²) in [6.45, 7) is 4.85. The third kappa shape index (κ3) is 4.98. The highest BCUT2D eigenvalue weighted by Gasteiger charge is 2.13. The van der Waals surface area contributed by atoms with Gasteiger partial charge in [-0.05, 0) is 43.2 Å². The second-order valence-corrected chi connectivity index (χ2v) is 5.24. The predicted molar refractivity (Wildman–Crippen MR) is 96.3 cm³/mol. The smallest absolute Gasteiger partial charge is 0.300 e. The molecule has 1 aliphatic rings. The number of benzene rings is 1. The van der Waals surface area contributed by atoms with E-state index in [0.717, 1.165) is 18.1 Å². The molecule has 1 aromatic rings. The van der Waals surface area contributed by atoms with Gasteiger partial charge in [0.05, 0.1) is 24.2 Å². The summed E-state index contributed by atoms with van der Waals surface area (Å²) in [5.41, 5.74) is 16.4. The van der Waals surface area contributed by atoms with E-state index in [1.165, 1.54) is 0 Å². The van der Waals surface area contributed by atoms with Crippen LogP contribution in [0.5, 0.6) is 5.75 Å². The van der Waals surface area contributed by atoms with Gasteiger partial charge in [0.2, 0.25) is 0 Å². The van der Waals surface area contributed by atoms with Crippen LogP contribution in [0.2, 0.25) is 0 Å². The number of hydrogen-bond acceptors (Lipinski definition) is 6. The van der Waals surface area contributed by atoms with Gasteiger partial charge in [0.25, 0.3) is 5.97 Å². The van der Waals surface area contributed by atoms with Crippen molar-refractivity contribution in [3.05, 3.63) is 41.1 Å². The van der Waals surface area contributed by atoms with Crippen molar-refractivity contribution in [2.45, 2.75) is 20.8 Å². The number of ether oxygens (including phenoxy) is 1. The molecule has 0 amide bonds. The highest BCUT2D eigenvalue weighted by atomic mass is 16.5. The van der Waals surface area contributed by atoms with Gasteiger partial charge in [-0.3, -0.25) is 4.79 Å². The Morgan fingerprint density at radius 3 is 2.38 bits per heavy atom. The lowest BCUT2D eigenvalue weighted by molar-refractivity contribution is -0.134. The Labute approximate surface area is 140 Å². The molecule has 0 spiro atoms. The molecule has 6 N–H and O–H groups in total. The number of aliphatic imine (C=N–C) groups is 1. The van der Waals surface area contributed by atoms with E-state index in [0.29, 0.717) is 34.2 Å². The molecule has 7 nitrogen and oxygen atoms in total. The van der Waals surface area contributed by atoms with E-state index in [2.05, 4.69) is 4.99 Å². The summed E-state index contributed by atoms with van der Waals surface area (Å²) in [7, 11) is 1.57. The lowest BCUT2D eigenvalue weighted by atomic mass is 10.0. The maximum atomic E-state index is 9.00. The number of nitrogens with one attached hydrogen (secondary N) is 1. The molecule has 7 heteroatoms. The Morgan fingerprint density at radius 1 is 1.25 bits per heavy atom. The van der Waals surface area contributed by atoms with Gasteiger partial charge in [0.15, 0.2) is 0 Å². The average molecular weight is 330 g/mol. The SMILES string of the molecule is CC(=O)O.COc1cc(N)c(C)cc1N=C1C=C(C)C(=N)C=C1N. The van der Waals surface area contributed by atoms with Crippen molar-refractivity contribution in [3.8, 4) is 5.75 Å². The van der Waals surface area contributed by atoms with E-state index >= 15 is 0 Å². The van der Waals surface area contributed by atoms with Crippen molar-refractivity contribution >= 4 is 28.8 Å². The van der Waals surface area contributed by atoms with Gasteiger partial charge in [-0.1, -0.05) is 0 Å². The summed E-state index contributed by atoms with van der Waals surface area (Å²) in [5.74, 6) is -0.236. The molecule has 0 saturated heterocycles. The van der Waals surface area contributed by atoms with E-state index in [4.69, 9.17) is 31.5 Å². The third-order valence-corrected chi connectivity index (χ3v) is 3.18. The first kappa shape index (κ1) is 19.0. The number of methoxy groups -OCH3 is 1. The number of anilines is 1. The molecule has 0 heterocycles. The molecule has 0 unspecified atom stereocenters. The minimum absolute atomic E-state index is 0.405. The molecule has 128 valence electrons. The van der Waals surface area contributed by atoms with Crippen LogP contribution in [-0.2, 0) is 4.79 Å². The molecule has 0 aromatic heterocycles. The number of nitrogen functional groups attached to an aromatic ring is 1. The third-order valence-electron chi connectivity index (χ3n) is 3.18. The van der Waals surface area contributed by atoms with Gasteiger partial charge in [-0.2, -0.15) is 0 Å². The van der Waals surface area contributed by atoms with Crippen molar-refractivity contribution < 1.29 is 14.6 Å². The molecule has 1 aromatic carbocycles. The molecule has 0 bridgehead atoms. The second kappa shape index (κ2) is 7.96. The maximum Gasteiger partial charge on any atom is 0.300 e. The van der Waals surface area contributed by atoms with E-state index in [-0.39, 0.29) is 0 Å².